The molecule has 0 fully saturated rings. The number of hydrogen-bond acceptors (Lipinski definition) is 2. The highest BCUT2D eigenvalue weighted by atomic mass is 35.5. The van der Waals surface area contributed by atoms with Crippen LogP contribution in [0.5, 0.6) is 0 Å². The van der Waals surface area contributed by atoms with E-state index < -0.39 is 0 Å². The Morgan fingerprint density at radius 2 is 1.78 bits per heavy atom. The van der Waals surface area contributed by atoms with Crippen LogP contribution >= 0.6 is 11.6 Å². The summed E-state index contributed by atoms with van der Waals surface area (Å²) in [5, 5.41) is 4.24. The van der Waals surface area contributed by atoms with Gasteiger partial charge >= 0.3 is 0 Å². The van der Waals surface area contributed by atoms with Gasteiger partial charge in [-0.1, -0.05) is 62.8 Å². The van der Waals surface area contributed by atoms with Gasteiger partial charge < -0.3 is 9.73 Å². The van der Waals surface area contributed by atoms with Crippen LogP contribution in [0.4, 0.5) is 0 Å². The SMILES string of the molecule is CCCCCCCCNCc1ccc(-c2cccc(Cl)c2C)o1. The van der Waals surface area contributed by atoms with Gasteiger partial charge in [0.15, 0.2) is 0 Å². The normalized spacial score (nSPS) is 11.1. The minimum absolute atomic E-state index is 0.779. The Morgan fingerprint density at radius 3 is 2.61 bits per heavy atom. The lowest BCUT2D eigenvalue weighted by molar-refractivity contribution is 0.485. The topological polar surface area (TPSA) is 25.2 Å². The fraction of sp³-hybridized carbons (Fsp3) is 0.500. The van der Waals surface area contributed by atoms with Crippen LogP contribution in [-0.2, 0) is 6.54 Å². The second kappa shape index (κ2) is 9.79. The summed E-state index contributed by atoms with van der Waals surface area (Å²) < 4.78 is 5.94. The summed E-state index contributed by atoms with van der Waals surface area (Å²) >= 11 is 6.18. The van der Waals surface area contributed by atoms with Gasteiger partial charge in [-0.2, -0.15) is 0 Å². The molecule has 0 saturated carbocycles. The Morgan fingerprint density at radius 1 is 1.00 bits per heavy atom. The van der Waals surface area contributed by atoms with Gasteiger partial charge in [-0.05, 0) is 43.7 Å². The van der Waals surface area contributed by atoms with E-state index in [-0.39, 0.29) is 0 Å². The highest BCUT2D eigenvalue weighted by Gasteiger charge is 2.09. The number of hydrogen-bond donors (Lipinski definition) is 1. The first-order chi connectivity index (χ1) is 11.2. The van der Waals surface area contributed by atoms with Crippen molar-refractivity contribution < 1.29 is 4.42 Å². The van der Waals surface area contributed by atoms with Gasteiger partial charge in [0.25, 0.3) is 0 Å². The molecule has 0 bridgehead atoms. The highest BCUT2D eigenvalue weighted by molar-refractivity contribution is 6.31. The summed E-state index contributed by atoms with van der Waals surface area (Å²) in [5.74, 6) is 1.87. The summed E-state index contributed by atoms with van der Waals surface area (Å²) in [6.07, 6.45) is 7.96. The molecule has 0 unspecified atom stereocenters. The fourth-order valence-corrected chi connectivity index (χ4v) is 2.91. The number of benzene rings is 1. The van der Waals surface area contributed by atoms with Crippen LogP contribution < -0.4 is 5.32 Å². The third-order valence-electron chi connectivity index (χ3n) is 4.20. The molecule has 0 aliphatic carbocycles. The lowest BCUT2D eigenvalue weighted by Crippen LogP contribution is -2.14. The van der Waals surface area contributed by atoms with E-state index in [0.717, 1.165) is 40.8 Å². The van der Waals surface area contributed by atoms with Gasteiger partial charge in [0.1, 0.15) is 11.5 Å². The molecular weight excluding hydrogens is 306 g/mol. The summed E-state index contributed by atoms with van der Waals surface area (Å²) in [5.41, 5.74) is 2.13. The average molecular weight is 334 g/mol. The number of halogens is 1. The molecule has 0 spiro atoms. The van der Waals surface area contributed by atoms with E-state index in [1.54, 1.807) is 0 Å². The fourth-order valence-electron chi connectivity index (χ4n) is 2.73. The van der Waals surface area contributed by atoms with Gasteiger partial charge in [0, 0.05) is 10.6 Å². The standard InChI is InChI=1S/C20H28ClNO/c1-3-4-5-6-7-8-14-22-15-17-12-13-20(23-17)18-10-9-11-19(21)16(18)2/h9-13,22H,3-8,14-15H2,1-2H3. The maximum atomic E-state index is 6.18. The van der Waals surface area contributed by atoms with E-state index >= 15 is 0 Å². The highest BCUT2D eigenvalue weighted by Crippen LogP contribution is 2.29. The molecule has 2 rings (SSSR count). The van der Waals surface area contributed by atoms with E-state index in [0.29, 0.717) is 0 Å². The Kier molecular flexibility index (Phi) is 7.70. The first kappa shape index (κ1) is 18.1. The molecule has 0 aliphatic heterocycles. The minimum atomic E-state index is 0.779. The van der Waals surface area contributed by atoms with Gasteiger partial charge in [-0.3, -0.25) is 0 Å². The molecule has 1 N–H and O–H groups in total. The van der Waals surface area contributed by atoms with Crippen LogP contribution in [0.25, 0.3) is 11.3 Å². The Bertz CT molecular complexity index is 591. The number of rotatable bonds is 10. The van der Waals surface area contributed by atoms with Gasteiger partial charge in [0.05, 0.1) is 6.54 Å². The van der Waals surface area contributed by atoms with E-state index in [4.69, 9.17) is 16.0 Å². The van der Waals surface area contributed by atoms with Crippen molar-refractivity contribution in [1.29, 1.82) is 0 Å². The molecule has 0 saturated heterocycles. The van der Waals surface area contributed by atoms with Crippen molar-refractivity contribution >= 4 is 11.6 Å². The largest absolute Gasteiger partial charge is 0.460 e. The van der Waals surface area contributed by atoms with Gasteiger partial charge in [-0.15, -0.1) is 0 Å². The van der Waals surface area contributed by atoms with Gasteiger partial charge in [0.2, 0.25) is 0 Å². The predicted octanol–water partition coefficient (Wildman–Crippen LogP) is 6.36. The number of furan rings is 1. The maximum absolute atomic E-state index is 6.18. The third kappa shape index (κ3) is 5.71. The van der Waals surface area contributed by atoms with Crippen molar-refractivity contribution in [2.75, 3.05) is 6.54 Å². The molecule has 1 aromatic carbocycles. The van der Waals surface area contributed by atoms with Crippen molar-refractivity contribution in [3.05, 3.63) is 46.7 Å². The lowest BCUT2D eigenvalue weighted by Gasteiger charge is -2.05. The molecular formula is C20H28ClNO. The van der Waals surface area contributed by atoms with Crippen molar-refractivity contribution in [3.63, 3.8) is 0 Å². The van der Waals surface area contributed by atoms with Crippen molar-refractivity contribution in [3.8, 4) is 11.3 Å². The van der Waals surface area contributed by atoms with E-state index in [2.05, 4.69) is 12.2 Å². The molecule has 2 aromatic rings. The molecule has 0 atom stereocenters. The van der Waals surface area contributed by atoms with Crippen molar-refractivity contribution in [2.24, 2.45) is 0 Å². The quantitative estimate of drug-likeness (QED) is 0.512. The monoisotopic (exact) mass is 333 g/mol. The molecule has 126 valence electrons. The zero-order chi connectivity index (χ0) is 16.5. The van der Waals surface area contributed by atoms with E-state index in [9.17, 15) is 0 Å². The number of nitrogens with one attached hydrogen (secondary N) is 1. The molecule has 1 aromatic heterocycles. The smallest absolute Gasteiger partial charge is 0.134 e. The first-order valence-electron chi connectivity index (χ1n) is 8.77. The minimum Gasteiger partial charge on any atom is -0.460 e. The van der Waals surface area contributed by atoms with Crippen molar-refractivity contribution in [1.82, 2.24) is 5.32 Å². The summed E-state index contributed by atoms with van der Waals surface area (Å²) in [6.45, 7) is 6.12. The third-order valence-corrected chi connectivity index (χ3v) is 4.61. The Labute approximate surface area is 145 Å². The van der Waals surface area contributed by atoms with Crippen LogP contribution in [-0.4, -0.2) is 6.54 Å². The van der Waals surface area contributed by atoms with Crippen LogP contribution in [0.1, 0.15) is 56.8 Å². The van der Waals surface area contributed by atoms with Gasteiger partial charge in [-0.25, -0.2) is 0 Å². The van der Waals surface area contributed by atoms with E-state index in [1.807, 2.05) is 37.3 Å². The summed E-state index contributed by atoms with van der Waals surface area (Å²) in [6, 6.07) is 9.99. The predicted molar refractivity (Wildman–Crippen MR) is 99.0 cm³/mol. The number of unbranched alkanes of at least 4 members (excludes halogenated alkanes) is 5. The molecule has 23 heavy (non-hydrogen) atoms. The first-order valence-corrected chi connectivity index (χ1v) is 9.15. The Hall–Kier alpha value is -1.25. The van der Waals surface area contributed by atoms with Crippen LogP contribution in [0.3, 0.4) is 0 Å². The summed E-state index contributed by atoms with van der Waals surface area (Å²) in [4.78, 5) is 0. The molecule has 3 heteroatoms. The second-order valence-corrected chi connectivity index (χ2v) is 6.53. The zero-order valence-corrected chi connectivity index (χ0v) is 15.1. The van der Waals surface area contributed by atoms with Crippen LogP contribution in [0.15, 0.2) is 34.7 Å². The van der Waals surface area contributed by atoms with Crippen LogP contribution in [0.2, 0.25) is 5.02 Å². The van der Waals surface area contributed by atoms with Crippen LogP contribution in [0, 0.1) is 6.92 Å². The summed E-state index contributed by atoms with van der Waals surface area (Å²) in [7, 11) is 0. The molecule has 0 radical (unpaired) electrons. The van der Waals surface area contributed by atoms with E-state index in [1.165, 1.54) is 38.5 Å². The maximum Gasteiger partial charge on any atom is 0.134 e. The lowest BCUT2D eigenvalue weighted by atomic mass is 10.1. The zero-order valence-electron chi connectivity index (χ0n) is 14.3. The second-order valence-electron chi connectivity index (χ2n) is 6.12. The molecule has 1 heterocycles. The average Bonchev–Trinajstić information content (AvgIpc) is 3.01. The molecule has 0 aliphatic rings. The molecule has 0 amide bonds. The van der Waals surface area contributed by atoms with Crippen molar-refractivity contribution in [2.45, 2.75) is 58.9 Å². The molecule has 2 nitrogen and oxygen atoms in total. The Balaban J connectivity index is 1.74.